The molecule has 0 unspecified atom stereocenters. The summed E-state index contributed by atoms with van der Waals surface area (Å²) in [4.78, 5) is 31.8. The molecule has 1 aliphatic rings. The minimum atomic E-state index is -0.00999. The first-order chi connectivity index (χ1) is 12.6. The van der Waals surface area contributed by atoms with E-state index in [0.717, 1.165) is 19.6 Å². The quantitative estimate of drug-likeness (QED) is 0.744. The van der Waals surface area contributed by atoms with Gasteiger partial charge < -0.3 is 9.64 Å². The Morgan fingerprint density at radius 1 is 1.00 bits per heavy atom. The summed E-state index contributed by atoms with van der Waals surface area (Å²) in [5.41, 5.74) is 1.87. The number of pyridine rings is 1. The van der Waals surface area contributed by atoms with Crippen molar-refractivity contribution in [2.75, 3.05) is 32.8 Å². The van der Waals surface area contributed by atoms with E-state index < -0.39 is 0 Å². The van der Waals surface area contributed by atoms with Gasteiger partial charge in [-0.05, 0) is 48.9 Å². The molecular weight excluding hydrogens is 330 g/mol. The van der Waals surface area contributed by atoms with Crippen LogP contribution in [0.4, 0.5) is 0 Å². The monoisotopic (exact) mass is 353 g/mol. The summed E-state index contributed by atoms with van der Waals surface area (Å²) >= 11 is 0. The number of carbonyl (C=O) groups excluding carboxylic acids is 2. The zero-order valence-corrected chi connectivity index (χ0v) is 14.9. The summed E-state index contributed by atoms with van der Waals surface area (Å²) in [6.45, 7) is 5.52. The maximum absolute atomic E-state index is 12.3. The van der Waals surface area contributed by atoms with Crippen LogP contribution in [-0.2, 0) is 11.3 Å². The lowest BCUT2D eigenvalue weighted by Gasteiger charge is -2.34. The Bertz CT molecular complexity index is 739. The molecule has 0 saturated carbocycles. The minimum absolute atomic E-state index is 0.00999. The number of Topliss-reactive ketones (excluding diaryl/α,β-unsaturated/α-hetero) is 1. The number of amides is 1. The number of ketones is 1. The second kappa shape index (κ2) is 8.58. The third-order valence-electron chi connectivity index (χ3n) is 4.50. The molecule has 0 spiro atoms. The van der Waals surface area contributed by atoms with Gasteiger partial charge in [0.2, 0.25) is 0 Å². The van der Waals surface area contributed by atoms with Crippen molar-refractivity contribution in [1.82, 2.24) is 14.8 Å². The number of nitrogens with zero attached hydrogens (tertiary/aromatic N) is 3. The molecule has 2 aromatic rings. The third-order valence-corrected chi connectivity index (χ3v) is 4.50. The first-order valence-electron chi connectivity index (χ1n) is 8.74. The molecule has 1 aliphatic heterocycles. The van der Waals surface area contributed by atoms with Gasteiger partial charge in [-0.3, -0.25) is 19.5 Å². The number of aromatic nitrogens is 1. The van der Waals surface area contributed by atoms with Crippen LogP contribution in [0.25, 0.3) is 0 Å². The fraction of sp³-hybridized carbons (Fsp3) is 0.350. The number of rotatable bonds is 6. The van der Waals surface area contributed by atoms with E-state index in [1.165, 1.54) is 12.5 Å². The second-order valence-electron chi connectivity index (χ2n) is 6.38. The van der Waals surface area contributed by atoms with E-state index in [2.05, 4.69) is 9.88 Å². The lowest BCUT2D eigenvalue weighted by molar-refractivity contribution is -0.135. The Kier molecular flexibility index (Phi) is 5.96. The van der Waals surface area contributed by atoms with E-state index in [9.17, 15) is 9.59 Å². The first kappa shape index (κ1) is 18.1. The fourth-order valence-corrected chi connectivity index (χ4v) is 2.92. The van der Waals surface area contributed by atoms with Crippen LogP contribution in [-0.4, -0.2) is 59.3 Å². The highest BCUT2D eigenvalue weighted by Crippen LogP contribution is 2.13. The Balaban J connectivity index is 1.42. The van der Waals surface area contributed by atoms with Gasteiger partial charge in [0.1, 0.15) is 5.75 Å². The molecule has 0 radical (unpaired) electrons. The Morgan fingerprint density at radius 2 is 1.65 bits per heavy atom. The van der Waals surface area contributed by atoms with Crippen LogP contribution in [0.3, 0.4) is 0 Å². The van der Waals surface area contributed by atoms with Gasteiger partial charge in [-0.2, -0.15) is 0 Å². The van der Waals surface area contributed by atoms with Crippen LogP contribution < -0.4 is 4.74 Å². The Labute approximate surface area is 153 Å². The standard InChI is InChI=1S/C20H23N3O3/c1-16(24)18-2-4-19(5-3-18)26-15-20(25)23-12-10-22(11-13-23)14-17-6-8-21-9-7-17/h2-9H,10-15H2,1H3. The second-order valence-corrected chi connectivity index (χ2v) is 6.38. The molecule has 1 amide bonds. The third kappa shape index (κ3) is 4.89. The summed E-state index contributed by atoms with van der Waals surface area (Å²) in [5.74, 6) is 0.598. The Hall–Kier alpha value is -2.73. The van der Waals surface area contributed by atoms with Crippen LogP contribution in [0.5, 0.6) is 5.75 Å². The largest absolute Gasteiger partial charge is 0.484 e. The molecule has 1 fully saturated rings. The molecule has 1 aromatic heterocycles. The van der Waals surface area contributed by atoms with E-state index in [4.69, 9.17) is 4.74 Å². The highest BCUT2D eigenvalue weighted by Gasteiger charge is 2.21. The summed E-state index contributed by atoms with van der Waals surface area (Å²) in [5, 5.41) is 0. The highest BCUT2D eigenvalue weighted by molar-refractivity contribution is 5.94. The van der Waals surface area contributed by atoms with Gasteiger partial charge in [-0.25, -0.2) is 0 Å². The molecule has 0 N–H and O–H groups in total. The molecule has 26 heavy (non-hydrogen) atoms. The highest BCUT2D eigenvalue weighted by atomic mass is 16.5. The van der Waals surface area contributed by atoms with Crippen molar-refractivity contribution in [3.8, 4) is 5.75 Å². The van der Waals surface area contributed by atoms with Crippen molar-refractivity contribution in [3.63, 3.8) is 0 Å². The molecule has 0 bridgehead atoms. The van der Waals surface area contributed by atoms with Crippen LogP contribution in [0.2, 0.25) is 0 Å². The molecule has 1 aromatic carbocycles. The average Bonchev–Trinajstić information content (AvgIpc) is 2.68. The predicted molar refractivity (Wildman–Crippen MR) is 98.0 cm³/mol. The van der Waals surface area contributed by atoms with E-state index >= 15 is 0 Å². The SMILES string of the molecule is CC(=O)c1ccc(OCC(=O)N2CCN(Cc3ccncc3)CC2)cc1. The van der Waals surface area contributed by atoms with Gasteiger partial charge in [-0.1, -0.05) is 0 Å². The van der Waals surface area contributed by atoms with Crippen LogP contribution in [0, 0.1) is 0 Å². The van der Waals surface area contributed by atoms with Crippen molar-refractivity contribution >= 4 is 11.7 Å². The first-order valence-corrected chi connectivity index (χ1v) is 8.74. The topological polar surface area (TPSA) is 62.7 Å². The average molecular weight is 353 g/mol. The zero-order chi connectivity index (χ0) is 18.4. The minimum Gasteiger partial charge on any atom is -0.484 e. The number of benzene rings is 1. The van der Waals surface area contributed by atoms with Crippen molar-refractivity contribution in [2.24, 2.45) is 0 Å². The van der Waals surface area contributed by atoms with Crippen molar-refractivity contribution in [1.29, 1.82) is 0 Å². The van der Waals surface area contributed by atoms with Gasteiger partial charge in [0.05, 0.1) is 0 Å². The molecule has 3 rings (SSSR count). The molecule has 0 aliphatic carbocycles. The van der Waals surface area contributed by atoms with Gasteiger partial charge in [0.25, 0.3) is 5.91 Å². The number of piperazine rings is 1. The lowest BCUT2D eigenvalue weighted by atomic mass is 10.1. The number of hydrogen-bond donors (Lipinski definition) is 0. The smallest absolute Gasteiger partial charge is 0.260 e. The van der Waals surface area contributed by atoms with Crippen LogP contribution in [0.15, 0.2) is 48.8 Å². The molecule has 6 nitrogen and oxygen atoms in total. The summed E-state index contributed by atoms with van der Waals surface area (Å²) in [6.07, 6.45) is 3.60. The van der Waals surface area contributed by atoms with Crippen molar-refractivity contribution in [2.45, 2.75) is 13.5 Å². The van der Waals surface area contributed by atoms with E-state index in [-0.39, 0.29) is 18.3 Å². The normalized spacial score (nSPS) is 14.9. The maximum atomic E-state index is 12.3. The molecule has 6 heteroatoms. The molecular formula is C20H23N3O3. The summed E-state index contributed by atoms with van der Waals surface area (Å²) in [7, 11) is 0. The van der Waals surface area contributed by atoms with E-state index in [1.54, 1.807) is 36.7 Å². The van der Waals surface area contributed by atoms with Gasteiger partial charge in [0.15, 0.2) is 12.4 Å². The van der Waals surface area contributed by atoms with Gasteiger partial charge >= 0.3 is 0 Å². The number of carbonyl (C=O) groups is 2. The van der Waals surface area contributed by atoms with E-state index in [0.29, 0.717) is 24.4 Å². The molecule has 1 saturated heterocycles. The van der Waals surface area contributed by atoms with E-state index in [1.807, 2.05) is 17.0 Å². The van der Waals surface area contributed by atoms with Crippen molar-refractivity contribution < 1.29 is 14.3 Å². The maximum Gasteiger partial charge on any atom is 0.260 e. The van der Waals surface area contributed by atoms with Crippen molar-refractivity contribution in [3.05, 3.63) is 59.9 Å². The molecule has 2 heterocycles. The predicted octanol–water partition coefficient (Wildman–Crippen LogP) is 2.01. The summed E-state index contributed by atoms with van der Waals surface area (Å²) in [6, 6.07) is 10.9. The van der Waals surface area contributed by atoms with Gasteiger partial charge in [0, 0.05) is 50.7 Å². The summed E-state index contributed by atoms with van der Waals surface area (Å²) < 4.78 is 5.56. The van der Waals surface area contributed by atoms with Gasteiger partial charge in [-0.15, -0.1) is 0 Å². The van der Waals surface area contributed by atoms with Crippen LogP contribution >= 0.6 is 0 Å². The number of ether oxygens (including phenoxy) is 1. The fourth-order valence-electron chi connectivity index (χ4n) is 2.92. The van der Waals surface area contributed by atoms with Crippen LogP contribution in [0.1, 0.15) is 22.8 Å². The lowest BCUT2D eigenvalue weighted by Crippen LogP contribution is -2.49. The Morgan fingerprint density at radius 3 is 2.27 bits per heavy atom. The molecule has 0 atom stereocenters. The number of hydrogen-bond acceptors (Lipinski definition) is 5. The molecule has 136 valence electrons. The zero-order valence-electron chi connectivity index (χ0n) is 14.9.